The van der Waals surface area contributed by atoms with Gasteiger partial charge >= 0.3 is 0 Å². The van der Waals surface area contributed by atoms with Crippen LogP contribution < -0.4 is 11.1 Å². The summed E-state index contributed by atoms with van der Waals surface area (Å²) in [6, 6.07) is 16.4. The Hall–Kier alpha value is -2.64. The number of benzene rings is 2. The van der Waals surface area contributed by atoms with Crippen molar-refractivity contribution in [1.29, 1.82) is 0 Å². The van der Waals surface area contributed by atoms with Gasteiger partial charge in [-0.1, -0.05) is 24.3 Å². The lowest BCUT2D eigenvalue weighted by Crippen LogP contribution is -2.01. The standard InChI is InChI=1S/C18H18N4O2S.ClH/c1-12-10-17(22-18(19)20-12)21-15-5-3-4-14(11-15)13-6-8-16(9-7-13)25(2,23)24;/h3-11H,1-2H3,(H3,19,20,21,22);1H. The van der Waals surface area contributed by atoms with Crippen LogP contribution in [0.25, 0.3) is 11.1 Å². The van der Waals surface area contributed by atoms with Gasteiger partial charge in [0.2, 0.25) is 5.95 Å². The molecule has 3 aromatic rings. The second-order valence-corrected chi connectivity index (χ2v) is 7.77. The Morgan fingerprint density at radius 1 is 0.962 bits per heavy atom. The molecule has 0 aliphatic rings. The number of nitrogen functional groups attached to an aromatic ring is 1. The maximum atomic E-state index is 11.6. The normalized spacial score (nSPS) is 10.8. The predicted molar refractivity (Wildman–Crippen MR) is 107 cm³/mol. The molecule has 26 heavy (non-hydrogen) atoms. The molecule has 0 aliphatic carbocycles. The molecule has 0 radical (unpaired) electrons. The molecule has 0 unspecified atom stereocenters. The molecule has 0 fully saturated rings. The minimum absolute atomic E-state index is 0. The second-order valence-electron chi connectivity index (χ2n) is 5.76. The number of aromatic nitrogens is 2. The molecule has 0 saturated carbocycles. The summed E-state index contributed by atoms with van der Waals surface area (Å²) in [5.74, 6) is 0.838. The van der Waals surface area contributed by atoms with E-state index in [-0.39, 0.29) is 18.4 Å². The molecule has 0 saturated heterocycles. The maximum absolute atomic E-state index is 11.6. The van der Waals surface area contributed by atoms with Crippen molar-refractivity contribution in [2.45, 2.75) is 11.8 Å². The number of rotatable bonds is 4. The van der Waals surface area contributed by atoms with E-state index in [0.717, 1.165) is 22.5 Å². The summed E-state index contributed by atoms with van der Waals surface area (Å²) in [6.07, 6.45) is 1.20. The van der Waals surface area contributed by atoms with Crippen LogP contribution in [0.1, 0.15) is 5.69 Å². The summed E-state index contributed by atoms with van der Waals surface area (Å²) >= 11 is 0. The van der Waals surface area contributed by atoms with E-state index < -0.39 is 9.84 Å². The summed E-state index contributed by atoms with van der Waals surface area (Å²) in [4.78, 5) is 8.51. The van der Waals surface area contributed by atoms with Crippen molar-refractivity contribution in [3.05, 3.63) is 60.3 Å². The first-order chi connectivity index (χ1) is 11.8. The van der Waals surface area contributed by atoms with Gasteiger partial charge in [0.15, 0.2) is 9.84 Å². The minimum Gasteiger partial charge on any atom is -0.368 e. The van der Waals surface area contributed by atoms with Gasteiger partial charge in [-0.25, -0.2) is 13.4 Å². The molecule has 8 heteroatoms. The third-order valence-corrected chi connectivity index (χ3v) is 4.75. The molecule has 6 nitrogen and oxygen atoms in total. The Morgan fingerprint density at radius 3 is 2.27 bits per heavy atom. The van der Waals surface area contributed by atoms with Gasteiger partial charge in [0, 0.05) is 23.7 Å². The molecule has 136 valence electrons. The van der Waals surface area contributed by atoms with Crippen LogP contribution in [0.4, 0.5) is 17.5 Å². The number of hydrogen-bond donors (Lipinski definition) is 2. The summed E-state index contributed by atoms with van der Waals surface area (Å²) < 4.78 is 23.1. The van der Waals surface area contributed by atoms with Crippen LogP contribution in [0, 0.1) is 6.92 Å². The van der Waals surface area contributed by atoms with Crippen molar-refractivity contribution in [2.24, 2.45) is 0 Å². The van der Waals surface area contributed by atoms with E-state index in [1.807, 2.05) is 37.3 Å². The molecule has 3 N–H and O–H groups in total. The van der Waals surface area contributed by atoms with Gasteiger partial charge in [0.25, 0.3) is 0 Å². The van der Waals surface area contributed by atoms with E-state index in [4.69, 9.17) is 5.73 Å². The van der Waals surface area contributed by atoms with Gasteiger partial charge in [-0.05, 0) is 42.3 Å². The van der Waals surface area contributed by atoms with Gasteiger partial charge < -0.3 is 11.1 Å². The number of hydrogen-bond acceptors (Lipinski definition) is 6. The van der Waals surface area contributed by atoms with E-state index in [9.17, 15) is 8.42 Å². The zero-order valence-electron chi connectivity index (χ0n) is 14.3. The number of halogens is 1. The first kappa shape index (κ1) is 19.7. The summed E-state index contributed by atoms with van der Waals surface area (Å²) in [7, 11) is -3.20. The van der Waals surface area contributed by atoms with E-state index in [0.29, 0.717) is 10.7 Å². The summed E-state index contributed by atoms with van der Waals surface area (Å²) in [6.45, 7) is 1.85. The number of anilines is 3. The highest BCUT2D eigenvalue weighted by atomic mass is 35.5. The molecule has 0 aliphatic heterocycles. The molecular formula is C18H19ClN4O2S. The predicted octanol–water partition coefficient (Wildman–Crippen LogP) is 3.60. The summed E-state index contributed by atoms with van der Waals surface area (Å²) in [5.41, 5.74) is 9.19. The van der Waals surface area contributed by atoms with Crippen LogP contribution in [-0.2, 0) is 9.84 Å². The second kappa shape index (κ2) is 7.72. The lowest BCUT2D eigenvalue weighted by molar-refractivity contribution is 0.602. The third-order valence-electron chi connectivity index (χ3n) is 3.62. The highest BCUT2D eigenvalue weighted by Crippen LogP contribution is 2.25. The van der Waals surface area contributed by atoms with Gasteiger partial charge in [-0.2, -0.15) is 4.98 Å². The van der Waals surface area contributed by atoms with Crippen molar-refractivity contribution in [2.75, 3.05) is 17.3 Å². The van der Waals surface area contributed by atoms with Gasteiger partial charge in [0.05, 0.1) is 4.90 Å². The van der Waals surface area contributed by atoms with Crippen molar-refractivity contribution in [1.82, 2.24) is 9.97 Å². The topological polar surface area (TPSA) is 98.0 Å². The Balaban J connectivity index is 0.00000243. The lowest BCUT2D eigenvalue weighted by atomic mass is 10.1. The van der Waals surface area contributed by atoms with Crippen LogP contribution in [0.15, 0.2) is 59.5 Å². The molecule has 1 aromatic heterocycles. The van der Waals surface area contributed by atoms with Gasteiger partial charge in [0.1, 0.15) is 5.82 Å². The number of nitrogens with two attached hydrogens (primary N) is 1. The average molecular weight is 391 g/mol. The van der Waals surface area contributed by atoms with Crippen LogP contribution >= 0.6 is 12.4 Å². The zero-order valence-corrected chi connectivity index (χ0v) is 15.9. The fourth-order valence-corrected chi connectivity index (χ4v) is 3.10. The van der Waals surface area contributed by atoms with E-state index >= 15 is 0 Å². The van der Waals surface area contributed by atoms with Crippen LogP contribution in [0.5, 0.6) is 0 Å². The Kier molecular flexibility index (Phi) is 5.84. The van der Waals surface area contributed by atoms with Crippen molar-refractivity contribution >= 4 is 39.7 Å². The minimum atomic E-state index is -3.20. The molecular weight excluding hydrogens is 372 g/mol. The highest BCUT2D eigenvalue weighted by molar-refractivity contribution is 7.90. The van der Waals surface area contributed by atoms with Crippen LogP contribution in [0.3, 0.4) is 0 Å². The Labute approximate surface area is 158 Å². The molecule has 0 atom stereocenters. The van der Waals surface area contributed by atoms with E-state index in [2.05, 4.69) is 15.3 Å². The third kappa shape index (κ3) is 4.71. The number of nitrogens with one attached hydrogen (secondary N) is 1. The molecule has 0 bridgehead atoms. The van der Waals surface area contributed by atoms with Crippen molar-refractivity contribution < 1.29 is 8.42 Å². The number of aryl methyl sites for hydroxylation is 1. The number of sulfone groups is 1. The Morgan fingerprint density at radius 2 is 1.65 bits per heavy atom. The first-order valence-electron chi connectivity index (χ1n) is 7.60. The monoisotopic (exact) mass is 390 g/mol. The SMILES string of the molecule is Cc1cc(Nc2cccc(-c3ccc(S(C)(=O)=O)cc3)c2)nc(N)n1.Cl. The number of nitrogens with zero attached hydrogens (tertiary/aromatic N) is 2. The molecule has 1 heterocycles. The van der Waals surface area contributed by atoms with Gasteiger partial charge in [-0.3, -0.25) is 0 Å². The Bertz CT molecular complexity index is 1000. The zero-order chi connectivity index (χ0) is 18.0. The van der Waals surface area contributed by atoms with Crippen molar-refractivity contribution in [3.8, 4) is 11.1 Å². The average Bonchev–Trinajstić information content (AvgIpc) is 2.53. The molecule has 0 spiro atoms. The van der Waals surface area contributed by atoms with E-state index in [1.165, 1.54) is 6.26 Å². The van der Waals surface area contributed by atoms with E-state index in [1.54, 1.807) is 24.3 Å². The smallest absolute Gasteiger partial charge is 0.222 e. The van der Waals surface area contributed by atoms with Crippen molar-refractivity contribution in [3.63, 3.8) is 0 Å². The van der Waals surface area contributed by atoms with Crippen LogP contribution in [0.2, 0.25) is 0 Å². The molecule has 3 rings (SSSR count). The maximum Gasteiger partial charge on any atom is 0.222 e. The highest BCUT2D eigenvalue weighted by Gasteiger charge is 2.07. The first-order valence-corrected chi connectivity index (χ1v) is 9.49. The quantitative estimate of drug-likeness (QED) is 0.706. The fourth-order valence-electron chi connectivity index (χ4n) is 2.47. The summed E-state index contributed by atoms with van der Waals surface area (Å²) in [5, 5.41) is 3.20. The van der Waals surface area contributed by atoms with Crippen LogP contribution in [-0.4, -0.2) is 24.6 Å². The lowest BCUT2D eigenvalue weighted by Gasteiger charge is -2.09. The largest absolute Gasteiger partial charge is 0.368 e. The molecule has 2 aromatic carbocycles. The fraction of sp³-hybridized carbons (Fsp3) is 0.111. The molecule has 0 amide bonds. The van der Waals surface area contributed by atoms with Gasteiger partial charge in [-0.15, -0.1) is 12.4 Å².